The van der Waals surface area contributed by atoms with Crippen molar-refractivity contribution >= 4 is 43.2 Å². The maximum absolute atomic E-state index is 5.07. The molecule has 2 nitrogen and oxygen atoms in total. The van der Waals surface area contributed by atoms with Crippen molar-refractivity contribution in [2.24, 2.45) is 0 Å². The first kappa shape index (κ1) is 9.35. The summed E-state index contributed by atoms with van der Waals surface area (Å²) in [5.74, 6) is 0. The number of rotatable bonds is 2. The molecule has 0 N–H and O–H groups in total. The molecule has 0 radical (unpaired) electrons. The molecule has 0 fully saturated rings. The third-order valence-electron chi connectivity index (χ3n) is 1.11. The Morgan fingerprint density at radius 1 is 1.00 bits per heavy atom. The van der Waals surface area contributed by atoms with E-state index in [1.54, 1.807) is 14.2 Å². The Morgan fingerprint density at radius 2 is 1.36 bits per heavy atom. The Kier molecular flexibility index (Phi) is 3.21. The van der Waals surface area contributed by atoms with Crippen molar-refractivity contribution < 1.29 is 9.47 Å². The van der Waals surface area contributed by atoms with Gasteiger partial charge in [0.25, 0.3) is 0 Å². The highest BCUT2D eigenvalue weighted by Crippen LogP contribution is 2.47. The largest absolute Gasteiger partial charge is 0.486 e. The lowest BCUT2D eigenvalue weighted by Crippen LogP contribution is -1.76. The highest BCUT2D eigenvalue weighted by atomic mass is 79.9. The Morgan fingerprint density at radius 3 is 1.55 bits per heavy atom. The molecule has 1 heterocycles. The monoisotopic (exact) mass is 300 g/mol. The Labute approximate surface area is 85.8 Å². The zero-order valence-electron chi connectivity index (χ0n) is 5.98. The molecule has 0 aromatic carbocycles. The molecule has 62 valence electrons. The second-order valence-electron chi connectivity index (χ2n) is 1.71. The van der Waals surface area contributed by atoms with Crippen molar-refractivity contribution in [1.29, 1.82) is 0 Å². The quantitative estimate of drug-likeness (QED) is 0.834. The molecule has 0 unspecified atom stereocenters. The SMILES string of the molecule is COc1sc(OC)c(Br)c1Br. The fraction of sp³-hybridized carbons (Fsp3) is 0.333. The van der Waals surface area contributed by atoms with E-state index in [2.05, 4.69) is 31.9 Å². The van der Waals surface area contributed by atoms with Crippen molar-refractivity contribution in [1.82, 2.24) is 0 Å². The lowest BCUT2D eigenvalue weighted by Gasteiger charge is -1.91. The summed E-state index contributed by atoms with van der Waals surface area (Å²) in [6, 6.07) is 0. The number of halogens is 2. The summed E-state index contributed by atoms with van der Waals surface area (Å²) in [6.07, 6.45) is 0. The molecule has 0 spiro atoms. The van der Waals surface area contributed by atoms with Crippen LogP contribution in [-0.4, -0.2) is 14.2 Å². The normalized spacial score (nSPS) is 9.82. The minimum atomic E-state index is 0.814. The summed E-state index contributed by atoms with van der Waals surface area (Å²) in [7, 11) is 3.25. The number of methoxy groups -OCH3 is 2. The minimum Gasteiger partial charge on any atom is -0.486 e. The van der Waals surface area contributed by atoms with Gasteiger partial charge in [0.05, 0.1) is 23.2 Å². The fourth-order valence-electron chi connectivity index (χ4n) is 0.616. The molecule has 11 heavy (non-hydrogen) atoms. The van der Waals surface area contributed by atoms with E-state index >= 15 is 0 Å². The highest BCUT2D eigenvalue weighted by molar-refractivity contribution is 9.13. The van der Waals surface area contributed by atoms with Gasteiger partial charge in [-0.1, -0.05) is 11.3 Å². The molecule has 1 aromatic rings. The summed E-state index contributed by atoms with van der Waals surface area (Å²) in [5, 5.41) is 1.63. The van der Waals surface area contributed by atoms with Crippen LogP contribution >= 0.6 is 43.2 Å². The zero-order valence-corrected chi connectivity index (χ0v) is 9.97. The molecule has 1 rings (SSSR count). The van der Waals surface area contributed by atoms with E-state index in [-0.39, 0.29) is 0 Å². The predicted octanol–water partition coefficient (Wildman–Crippen LogP) is 3.29. The van der Waals surface area contributed by atoms with Crippen LogP contribution in [0.2, 0.25) is 0 Å². The fourth-order valence-corrected chi connectivity index (χ4v) is 2.77. The molecular formula is C6H6Br2O2S. The van der Waals surface area contributed by atoms with Crippen LogP contribution in [0.4, 0.5) is 0 Å². The third kappa shape index (κ3) is 1.71. The van der Waals surface area contributed by atoms with Crippen LogP contribution in [0, 0.1) is 0 Å². The van der Waals surface area contributed by atoms with Crippen LogP contribution < -0.4 is 9.47 Å². The lowest BCUT2D eigenvalue weighted by molar-refractivity contribution is 0.423. The molecule has 0 bridgehead atoms. The van der Waals surface area contributed by atoms with Gasteiger partial charge >= 0.3 is 0 Å². The first-order chi connectivity index (χ1) is 5.20. The zero-order chi connectivity index (χ0) is 8.43. The van der Waals surface area contributed by atoms with Gasteiger partial charge in [-0.25, -0.2) is 0 Å². The van der Waals surface area contributed by atoms with Crippen LogP contribution in [0.1, 0.15) is 0 Å². The summed E-state index contributed by atoms with van der Waals surface area (Å²) in [6.45, 7) is 0. The van der Waals surface area contributed by atoms with Gasteiger partial charge < -0.3 is 9.47 Å². The average molecular weight is 302 g/mol. The van der Waals surface area contributed by atoms with Crippen molar-refractivity contribution in [3.63, 3.8) is 0 Å². The Bertz CT molecular complexity index is 235. The van der Waals surface area contributed by atoms with Gasteiger partial charge in [0, 0.05) is 0 Å². The van der Waals surface area contributed by atoms with Crippen LogP contribution in [0.5, 0.6) is 10.1 Å². The molecule has 5 heteroatoms. The van der Waals surface area contributed by atoms with Gasteiger partial charge in [-0.15, -0.1) is 0 Å². The molecule has 0 aliphatic rings. The van der Waals surface area contributed by atoms with E-state index < -0.39 is 0 Å². The van der Waals surface area contributed by atoms with E-state index in [0.29, 0.717) is 0 Å². The first-order valence-electron chi connectivity index (χ1n) is 2.76. The van der Waals surface area contributed by atoms with Crippen LogP contribution in [0.15, 0.2) is 8.95 Å². The summed E-state index contributed by atoms with van der Waals surface area (Å²) < 4.78 is 11.9. The van der Waals surface area contributed by atoms with Gasteiger partial charge in [-0.05, 0) is 31.9 Å². The van der Waals surface area contributed by atoms with E-state index in [1.165, 1.54) is 11.3 Å². The number of hydrogen-bond acceptors (Lipinski definition) is 3. The Hall–Kier alpha value is 0.260. The lowest BCUT2D eigenvalue weighted by atomic mass is 10.6. The molecular weight excluding hydrogens is 296 g/mol. The van der Waals surface area contributed by atoms with E-state index in [0.717, 1.165) is 19.1 Å². The highest BCUT2D eigenvalue weighted by Gasteiger charge is 2.14. The van der Waals surface area contributed by atoms with Crippen molar-refractivity contribution in [2.75, 3.05) is 14.2 Å². The molecule has 1 aromatic heterocycles. The van der Waals surface area contributed by atoms with E-state index in [9.17, 15) is 0 Å². The van der Waals surface area contributed by atoms with Crippen molar-refractivity contribution in [3.8, 4) is 10.1 Å². The number of thiophene rings is 1. The van der Waals surface area contributed by atoms with Crippen LogP contribution in [0.25, 0.3) is 0 Å². The molecule has 0 aliphatic carbocycles. The molecule has 0 saturated heterocycles. The standard InChI is InChI=1S/C6H6Br2O2S/c1-9-5-3(7)4(8)6(10-2)11-5/h1-2H3. The third-order valence-corrected chi connectivity index (χ3v) is 4.79. The summed E-state index contributed by atoms with van der Waals surface area (Å²) in [4.78, 5) is 0. The second kappa shape index (κ2) is 3.78. The topological polar surface area (TPSA) is 18.5 Å². The predicted molar refractivity (Wildman–Crippen MR) is 52.8 cm³/mol. The maximum atomic E-state index is 5.07. The smallest absolute Gasteiger partial charge is 0.192 e. The number of hydrogen-bond donors (Lipinski definition) is 0. The Balaban J connectivity index is 3.12. The minimum absolute atomic E-state index is 0.814. The van der Waals surface area contributed by atoms with Gasteiger partial charge in [-0.3, -0.25) is 0 Å². The first-order valence-corrected chi connectivity index (χ1v) is 5.16. The number of ether oxygens (including phenoxy) is 2. The molecule has 0 amide bonds. The van der Waals surface area contributed by atoms with E-state index in [4.69, 9.17) is 9.47 Å². The van der Waals surface area contributed by atoms with Crippen molar-refractivity contribution in [2.45, 2.75) is 0 Å². The van der Waals surface area contributed by atoms with Crippen LogP contribution in [-0.2, 0) is 0 Å². The summed E-state index contributed by atoms with van der Waals surface area (Å²) >= 11 is 8.17. The van der Waals surface area contributed by atoms with Crippen molar-refractivity contribution in [3.05, 3.63) is 8.95 Å². The van der Waals surface area contributed by atoms with E-state index in [1.807, 2.05) is 0 Å². The second-order valence-corrected chi connectivity index (χ2v) is 4.24. The average Bonchev–Trinajstić information content (AvgIpc) is 2.30. The van der Waals surface area contributed by atoms with Gasteiger partial charge in [0.2, 0.25) is 0 Å². The van der Waals surface area contributed by atoms with Gasteiger partial charge in [0.1, 0.15) is 0 Å². The molecule has 0 atom stereocenters. The molecule has 0 aliphatic heterocycles. The summed E-state index contributed by atoms with van der Waals surface area (Å²) in [5.41, 5.74) is 0. The maximum Gasteiger partial charge on any atom is 0.192 e. The van der Waals surface area contributed by atoms with Gasteiger partial charge in [-0.2, -0.15) is 0 Å². The van der Waals surface area contributed by atoms with Crippen LogP contribution in [0.3, 0.4) is 0 Å². The molecule has 0 saturated carbocycles. The van der Waals surface area contributed by atoms with Gasteiger partial charge in [0.15, 0.2) is 10.1 Å².